The van der Waals surface area contributed by atoms with Crippen LogP contribution in [0.1, 0.15) is 24.8 Å². The van der Waals surface area contributed by atoms with Gasteiger partial charge in [0.1, 0.15) is 17.9 Å². The molecule has 0 aliphatic carbocycles. The maximum atomic E-state index is 11.1. The molecule has 3 heterocycles. The number of hydrogen-bond donors (Lipinski definition) is 2. The Balaban J connectivity index is 1.19. The first-order chi connectivity index (χ1) is 21.0. The van der Waals surface area contributed by atoms with Gasteiger partial charge in [-0.1, -0.05) is 0 Å². The molecule has 1 amide bonds. The lowest BCUT2D eigenvalue weighted by Gasteiger charge is -2.32. The molecule has 3 aromatic rings. The van der Waals surface area contributed by atoms with Gasteiger partial charge in [-0.3, -0.25) is 4.90 Å². The summed E-state index contributed by atoms with van der Waals surface area (Å²) in [5, 5.41) is 22.1. The molecule has 5 rings (SSSR count). The Morgan fingerprint density at radius 2 is 1.88 bits per heavy atom. The highest BCUT2D eigenvalue weighted by Gasteiger charge is 2.20. The number of aromatic nitrogens is 2. The van der Waals surface area contributed by atoms with Crippen molar-refractivity contribution in [2.75, 3.05) is 65.0 Å². The third-order valence-electron chi connectivity index (χ3n) is 7.45. The average molecular weight is 589 g/mol. The molecular formula is C31H36N6O6. The molecule has 1 aromatic heterocycles. The molecule has 2 aliphatic rings. The Kier molecular flexibility index (Phi) is 10.1. The maximum absolute atomic E-state index is 11.1. The van der Waals surface area contributed by atoms with E-state index in [0.29, 0.717) is 67.4 Å². The third kappa shape index (κ3) is 8.03. The third-order valence-corrected chi connectivity index (χ3v) is 7.45. The van der Waals surface area contributed by atoms with E-state index >= 15 is 0 Å². The van der Waals surface area contributed by atoms with Gasteiger partial charge in [-0.25, -0.2) is 14.8 Å². The van der Waals surface area contributed by atoms with E-state index in [9.17, 15) is 10.1 Å². The Morgan fingerprint density at radius 3 is 2.63 bits per heavy atom. The van der Waals surface area contributed by atoms with Crippen LogP contribution in [0.2, 0.25) is 0 Å². The second-order valence-corrected chi connectivity index (χ2v) is 10.3. The molecule has 2 N–H and O–H groups in total. The molecule has 2 aromatic carbocycles. The predicted molar refractivity (Wildman–Crippen MR) is 159 cm³/mol. The van der Waals surface area contributed by atoms with Crippen LogP contribution in [0.5, 0.6) is 17.2 Å². The number of rotatable bonds is 11. The minimum Gasteiger partial charge on any atom is -0.493 e. The fourth-order valence-corrected chi connectivity index (χ4v) is 5.06. The number of hydrogen-bond acceptors (Lipinski definition) is 10. The van der Waals surface area contributed by atoms with Crippen LogP contribution in [0.15, 0.2) is 48.7 Å². The minimum absolute atomic E-state index is 0.0431. The molecule has 0 saturated carbocycles. The van der Waals surface area contributed by atoms with Crippen LogP contribution in [-0.4, -0.2) is 96.7 Å². The van der Waals surface area contributed by atoms with Crippen LogP contribution >= 0.6 is 0 Å². The van der Waals surface area contributed by atoms with E-state index in [1.54, 1.807) is 25.4 Å². The number of anilines is 2. The summed E-state index contributed by atoms with van der Waals surface area (Å²) >= 11 is 0. The first kappa shape index (κ1) is 29.9. The number of ether oxygens (including phenoxy) is 4. The average Bonchev–Trinajstić information content (AvgIpc) is 3.04. The molecular weight excluding hydrogens is 552 g/mol. The van der Waals surface area contributed by atoms with E-state index in [4.69, 9.17) is 24.1 Å². The predicted octanol–water partition coefficient (Wildman–Crippen LogP) is 4.39. The summed E-state index contributed by atoms with van der Waals surface area (Å²) in [6.45, 7) is 5.13. The summed E-state index contributed by atoms with van der Waals surface area (Å²) in [6.07, 6.45) is 3.25. The SMILES string of the molecule is COc1ccc(Nc2nccc(-c3ccc(OC4CCOCC4)c(C#N)c3)n2)cc1OCCCN1CCN(C(=O)O)CC1. The molecule has 0 bridgehead atoms. The number of piperazine rings is 1. The monoisotopic (exact) mass is 588 g/mol. The van der Waals surface area contributed by atoms with Crippen molar-refractivity contribution < 1.29 is 28.8 Å². The second-order valence-electron chi connectivity index (χ2n) is 10.3. The molecule has 0 atom stereocenters. The van der Waals surface area contributed by atoms with Crippen molar-refractivity contribution in [3.05, 3.63) is 54.2 Å². The van der Waals surface area contributed by atoms with Crippen molar-refractivity contribution in [1.82, 2.24) is 19.8 Å². The lowest BCUT2D eigenvalue weighted by molar-refractivity contribution is 0.0254. The first-order valence-corrected chi connectivity index (χ1v) is 14.4. The van der Waals surface area contributed by atoms with E-state index < -0.39 is 6.09 Å². The number of nitrogens with one attached hydrogen (secondary N) is 1. The molecule has 0 spiro atoms. The number of amides is 1. The Morgan fingerprint density at radius 1 is 1.09 bits per heavy atom. The fourth-order valence-electron chi connectivity index (χ4n) is 5.06. The second kappa shape index (κ2) is 14.5. The maximum Gasteiger partial charge on any atom is 0.407 e. The molecule has 2 saturated heterocycles. The quantitative estimate of drug-likeness (QED) is 0.308. The van der Waals surface area contributed by atoms with Crippen molar-refractivity contribution in [1.29, 1.82) is 5.26 Å². The highest BCUT2D eigenvalue weighted by atomic mass is 16.5. The lowest BCUT2D eigenvalue weighted by atomic mass is 10.1. The largest absolute Gasteiger partial charge is 0.493 e. The number of carboxylic acid groups (broad SMARTS) is 1. The minimum atomic E-state index is -0.862. The zero-order valence-electron chi connectivity index (χ0n) is 24.2. The Labute approximate surface area is 250 Å². The van der Waals surface area contributed by atoms with Gasteiger partial charge in [0.15, 0.2) is 11.5 Å². The van der Waals surface area contributed by atoms with Gasteiger partial charge in [0.2, 0.25) is 5.95 Å². The van der Waals surface area contributed by atoms with Gasteiger partial charge in [-0.2, -0.15) is 5.26 Å². The van der Waals surface area contributed by atoms with Gasteiger partial charge in [-0.15, -0.1) is 0 Å². The van der Waals surface area contributed by atoms with E-state index in [1.807, 2.05) is 30.3 Å². The van der Waals surface area contributed by atoms with Crippen molar-refractivity contribution in [2.24, 2.45) is 0 Å². The van der Waals surface area contributed by atoms with Crippen molar-refractivity contribution in [3.8, 4) is 34.6 Å². The summed E-state index contributed by atoms with van der Waals surface area (Å²) < 4.78 is 23.0. The smallest absolute Gasteiger partial charge is 0.407 e. The highest BCUT2D eigenvalue weighted by Crippen LogP contribution is 2.32. The number of nitriles is 1. The van der Waals surface area contributed by atoms with Crippen LogP contribution < -0.4 is 19.5 Å². The van der Waals surface area contributed by atoms with E-state index in [-0.39, 0.29) is 6.10 Å². The van der Waals surface area contributed by atoms with Gasteiger partial charge in [0, 0.05) is 69.1 Å². The first-order valence-electron chi connectivity index (χ1n) is 14.4. The molecule has 226 valence electrons. The molecule has 2 fully saturated rings. The normalized spacial score (nSPS) is 15.9. The van der Waals surface area contributed by atoms with Gasteiger partial charge in [0.25, 0.3) is 0 Å². The zero-order chi connectivity index (χ0) is 30.0. The highest BCUT2D eigenvalue weighted by molar-refractivity contribution is 5.67. The van der Waals surface area contributed by atoms with Crippen molar-refractivity contribution >= 4 is 17.7 Å². The fraction of sp³-hybridized carbons (Fsp3) is 0.419. The van der Waals surface area contributed by atoms with Crippen LogP contribution in [0.3, 0.4) is 0 Å². The van der Waals surface area contributed by atoms with E-state index in [2.05, 4.69) is 26.3 Å². The number of nitrogens with zero attached hydrogens (tertiary/aromatic N) is 5. The molecule has 0 unspecified atom stereocenters. The lowest BCUT2D eigenvalue weighted by Crippen LogP contribution is -2.48. The number of carbonyl (C=O) groups is 1. The van der Waals surface area contributed by atoms with E-state index in [0.717, 1.165) is 50.1 Å². The molecule has 12 nitrogen and oxygen atoms in total. The summed E-state index contributed by atoms with van der Waals surface area (Å²) in [4.78, 5) is 23.8. The Bertz CT molecular complexity index is 1430. The summed E-state index contributed by atoms with van der Waals surface area (Å²) in [6, 6.07) is 15.1. The molecule has 0 radical (unpaired) electrons. The number of methoxy groups -OCH3 is 1. The van der Waals surface area contributed by atoms with Crippen LogP contribution in [0, 0.1) is 11.3 Å². The van der Waals surface area contributed by atoms with Crippen molar-refractivity contribution in [3.63, 3.8) is 0 Å². The topological polar surface area (TPSA) is 142 Å². The summed E-state index contributed by atoms with van der Waals surface area (Å²) in [7, 11) is 1.60. The standard InChI is InChI=1S/C31H36N6O6/c1-40-28-6-4-24(20-29(28)42-16-2-11-36-12-14-37(15-13-36)31(38)39)34-30-33-10-7-26(35-30)22-3-5-27(23(19-22)21-32)43-25-8-17-41-18-9-25/h3-7,10,19-20,25H,2,8-9,11-18H2,1H3,(H,38,39)(H,33,34,35). The van der Waals surface area contributed by atoms with Gasteiger partial charge in [0.05, 0.1) is 38.2 Å². The number of benzene rings is 2. The molecule has 12 heteroatoms. The van der Waals surface area contributed by atoms with Crippen LogP contribution in [0.4, 0.5) is 16.4 Å². The zero-order valence-corrected chi connectivity index (χ0v) is 24.2. The molecule has 2 aliphatic heterocycles. The summed E-state index contributed by atoms with van der Waals surface area (Å²) in [5.74, 6) is 2.17. The summed E-state index contributed by atoms with van der Waals surface area (Å²) in [5.41, 5.74) is 2.64. The van der Waals surface area contributed by atoms with Crippen LogP contribution in [-0.2, 0) is 4.74 Å². The Hall–Kier alpha value is -4.60. The van der Waals surface area contributed by atoms with Crippen molar-refractivity contribution in [2.45, 2.75) is 25.4 Å². The van der Waals surface area contributed by atoms with Crippen LogP contribution in [0.25, 0.3) is 11.3 Å². The van der Waals surface area contributed by atoms with Gasteiger partial charge >= 0.3 is 6.09 Å². The van der Waals surface area contributed by atoms with Gasteiger partial charge in [-0.05, 0) is 42.8 Å². The molecule has 43 heavy (non-hydrogen) atoms. The van der Waals surface area contributed by atoms with Gasteiger partial charge < -0.3 is 34.3 Å². The van der Waals surface area contributed by atoms with E-state index in [1.165, 1.54) is 4.90 Å².